The molecule has 0 spiro atoms. The van der Waals surface area contributed by atoms with Crippen LogP contribution < -0.4 is 14.4 Å². The van der Waals surface area contributed by atoms with Gasteiger partial charge in [0.1, 0.15) is 17.5 Å². The van der Waals surface area contributed by atoms with E-state index in [1.165, 1.54) is 4.90 Å². The van der Waals surface area contributed by atoms with Gasteiger partial charge in [-0.1, -0.05) is 0 Å². The third-order valence-corrected chi connectivity index (χ3v) is 5.46. The number of methoxy groups -OCH3 is 2. The molecular weight excluding hydrogens is 322 g/mol. The summed E-state index contributed by atoms with van der Waals surface area (Å²) in [5.74, 6) is 1.44. The summed E-state index contributed by atoms with van der Waals surface area (Å²) < 4.78 is 10.7. The van der Waals surface area contributed by atoms with E-state index in [1.807, 2.05) is 18.2 Å². The fourth-order valence-corrected chi connectivity index (χ4v) is 4.14. The second kappa shape index (κ2) is 6.13. The van der Waals surface area contributed by atoms with E-state index in [0.29, 0.717) is 13.1 Å². The number of hydrogen-bond donors (Lipinski definition) is 0. The highest BCUT2D eigenvalue weighted by Gasteiger charge is 2.50. The maximum absolute atomic E-state index is 12.6. The first kappa shape index (κ1) is 16.1. The second-order valence-corrected chi connectivity index (χ2v) is 6.80. The van der Waals surface area contributed by atoms with Crippen LogP contribution in [0.3, 0.4) is 0 Å². The first-order chi connectivity index (χ1) is 12.1. The zero-order valence-electron chi connectivity index (χ0n) is 14.6. The van der Waals surface area contributed by atoms with Crippen LogP contribution >= 0.6 is 0 Å². The average molecular weight is 345 g/mol. The van der Waals surface area contributed by atoms with Crippen molar-refractivity contribution in [3.8, 4) is 11.5 Å². The molecule has 0 aliphatic carbocycles. The Morgan fingerprint density at radius 1 is 1.00 bits per heavy atom. The van der Waals surface area contributed by atoms with Crippen LogP contribution in [0.5, 0.6) is 11.5 Å². The molecule has 4 rings (SSSR count). The summed E-state index contributed by atoms with van der Waals surface area (Å²) in [4.78, 5) is 30.7. The lowest BCUT2D eigenvalue weighted by molar-refractivity contribution is -0.129. The molecule has 7 heteroatoms. The van der Waals surface area contributed by atoms with Crippen molar-refractivity contribution < 1.29 is 19.1 Å². The summed E-state index contributed by atoms with van der Waals surface area (Å²) in [6.45, 7) is 2.15. The molecule has 2 atom stereocenters. The summed E-state index contributed by atoms with van der Waals surface area (Å²) in [5.41, 5.74) is 0.985. The number of hydrogen-bond acceptors (Lipinski definition) is 5. The molecule has 3 saturated heterocycles. The van der Waals surface area contributed by atoms with Crippen LogP contribution in [-0.2, 0) is 4.79 Å². The fraction of sp³-hybridized carbons (Fsp3) is 0.556. The topological polar surface area (TPSA) is 62.3 Å². The van der Waals surface area contributed by atoms with Gasteiger partial charge in [0.2, 0.25) is 0 Å². The highest BCUT2D eigenvalue weighted by atomic mass is 16.5. The van der Waals surface area contributed by atoms with Gasteiger partial charge in [-0.25, -0.2) is 4.79 Å². The molecule has 3 heterocycles. The number of rotatable bonds is 4. The Morgan fingerprint density at radius 2 is 1.72 bits per heavy atom. The van der Waals surface area contributed by atoms with Gasteiger partial charge >= 0.3 is 6.03 Å². The summed E-state index contributed by atoms with van der Waals surface area (Å²) >= 11 is 0. The minimum Gasteiger partial charge on any atom is -0.497 e. The number of urea groups is 1. The lowest BCUT2D eigenvalue weighted by Crippen LogP contribution is -2.43. The van der Waals surface area contributed by atoms with Gasteiger partial charge in [0.15, 0.2) is 0 Å². The molecule has 0 aromatic heterocycles. The fourth-order valence-electron chi connectivity index (χ4n) is 4.14. The predicted molar refractivity (Wildman–Crippen MR) is 92.1 cm³/mol. The number of carbonyl (C=O) groups is 2. The molecule has 134 valence electrons. The van der Waals surface area contributed by atoms with Crippen molar-refractivity contribution in [2.24, 2.45) is 0 Å². The van der Waals surface area contributed by atoms with Gasteiger partial charge < -0.3 is 19.3 Å². The number of carbonyl (C=O) groups excluding carboxylic acids is 2. The maximum atomic E-state index is 12.6. The molecule has 1 aromatic carbocycles. The van der Waals surface area contributed by atoms with Crippen LogP contribution in [0.4, 0.5) is 10.5 Å². The number of amides is 3. The van der Waals surface area contributed by atoms with Crippen LogP contribution in [0, 0.1) is 0 Å². The molecule has 1 aromatic rings. The Kier molecular flexibility index (Phi) is 3.94. The highest BCUT2D eigenvalue weighted by Crippen LogP contribution is 2.34. The van der Waals surface area contributed by atoms with E-state index < -0.39 is 0 Å². The minimum atomic E-state index is -0.224. The predicted octanol–water partition coefficient (Wildman–Crippen LogP) is 1.71. The largest absolute Gasteiger partial charge is 0.497 e. The van der Waals surface area contributed by atoms with Gasteiger partial charge in [-0.2, -0.15) is 0 Å². The van der Waals surface area contributed by atoms with Crippen LogP contribution in [0.2, 0.25) is 0 Å². The van der Waals surface area contributed by atoms with Crippen LogP contribution in [-0.4, -0.2) is 67.7 Å². The van der Waals surface area contributed by atoms with Gasteiger partial charge in [0.05, 0.1) is 20.3 Å². The van der Waals surface area contributed by atoms with E-state index in [1.54, 1.807) is 19.1 Å². The smallest absolute Gasteiger partial charge is 0.327 e. The average Bonchev–Trinajstić information content (AvgIpc) is 3.34. The summed E-state index contributed by atoms with van der Waals surface area (Å²) in [5, 5.41) is 0. The molecule has 0 radical (unpaired) electrons. The third kappa shape index (κ3) is 2.58. The summed E-state index contributed by atoms with van der Waals surface area (Å²) in [6.07, 6.45) is 2.51. The second-order valence-electron chi connectivity index (χ2n) is 6.80. The van der Waals surface area contributed by atoms with E-state index in [9.17, 15) is 9.59 Å². The van der Waals surface area contributed by atoms with Gasteiger partial charge in [0.25, 0.3) is 5.91 Å². The molecule has 25 heavy (non-hydrogen) atoms. The normalized spacial score (nSPS) is 25.8. The van der Waals surface area contributed by atoms with Crippen molar-refractivity contribution in [1.82, 2.24) is 9.80 Å². The summed E-state index contributed by atoms with van der Waals surface area (Å²) in [7, 11) is 3.25. The first-order valence-corrected chi connectivity index (χ1v) is 8.74. The Bertz CT molecular complexity index is 663. The molecule has 0 bridgehead atoms. The standard InChI is InChI=1S/C18H23N3O4/c1-24-14-8-13(9-15(10-14)25-2)19-7-5-12(11-19)21-17(22)16-4-3-6-20(16)18(21)23/h8-10,12,16H,3-7,11H2,1-2H3/t12-,16+/m0/s1. The third-order valence-electron chi connectivity index (χ3n) is 5.46. The van der Waals surface area contributed by atoms with Crippen molar-refractivity contribution in [3.63, 3.8) is 0 Å². The van der Waals surface area contributed by atoms with E-state index in [-0.39, 0.29) is 24.0 Å². The van der Waals surface area contributed by atoms with Crippen LogP contribution in [0.25, 0.3) is 0 Å². The molecule has 3 aliphatic heterocycles. The highest BCUT2D eigenvalue weighted by molar-refractivity contribution is 6.05. The van der Waals surface area contributed by atoms with Crippen LogP contribution in [0.1, 0.15) is 19.3 Å². The Balaban J connectivity index is 1.52. The number of nitrogens with zero attached hydrogens (tertiary/aromatic N) is 3. The van der Waals surface area contributed by atoms with Crippen molar-refractivity contribution in [2.45, 2.75) is 31.3 Å². The van der Waals surface area contributed by atoms with E-state index in [4.69, 9.17) is 9.47 Å². The molecule has 0 unspecified atom stereocenters. The zero-order valence-corrected chi connectivity index (χ0v) is 14.6. The molecule has 3 amide bonds. The van der Waals surface area contributed by atoms with Gasteiger partial charge in [-0.3, -0.25) is 9.69 Å². The van der Waals surface area contributed by atoms with Gasteiger partial charge in [0, 0.05) is 43.5 Å². The van der Waals surface area contributed by atoms with Gasteiger partial charge in [-0.05, 0) is 19.3 Å². The SMILES string of the molecule is COc1cc(OC)cc(N2CC[C@H](N3C(=O)[C@H]4CCCN4C3=O)C2)c1. The van der Waals surface area contributed by atoms with Gasteiger partial charge in [-0.15, -0.1) is 0 Å². The lowest BCUT2D eigenvalue weighted by atomic mass is 10.2. The lowest BCUT2D eigenvalue weighted by Gasteiger charge is -2.24. The minimum absolute atomic E-state index is 0.0161. The van der Waals surface area contributed by atoms with E-state index in [0.717, 1.165) is 43.0 Å². The first-order valence-electron chi connectivity index (χ1n) is 8.74. The number of ether oxygens (including phenoxy) is 2. The molecule has 0 saturated carbocycles. The maximum Gasteiger partial charge on any atom is 0.327 e. The van der Waals surface area contributed by atoms with E-state index in [2.05, 4.69) is 4.90 Å². The number of anilines is 1. The van der Waals surface area contributed by atoms with Crippen molar-refractivity contribution >= 4 is 17.6 Å². The monoisotopic (exact) mass is 345 g/mol. The Hall–Kier alpha value is -2.44. The quantitative estimate of drug-likeness (QED) is 0.778. The molecule has 7 nitrogen and oxygen atoms in total. The Morgan fingerprint density at radius 3 is 2.36 bits per heavy atom. The van der Waals surface area contributed by atoms with Crippen LogP contribution in [0.15, 0.2) is 18.2 Å². The molecule has 3 aliphatic rings. The molecule has 3 fully saturated rings. The van der Waals surface area contributed by atoms with E-state index >= 15 is 0 Å². The van der Waals surface area contributed by atoms with Crippen molar-refractivity contribution in [3.05, 3.63) is 18.2 Å². The Labute approximate surface area is 147 Å². The molecule has 0 N–H and O–H groups in total. The number of benzene rings is 1. The summed E-state index contributed by atoms with van der Waals surface area (Å²) in [6, 6.07) is 5.34. The zero-order chi connectivity index (χ0) is 17.6. The number of imide groups is 1. The number of fused-ring (bicyclic) bond motifs is 1. The molecular formula is C18H23N3O4. The van der Waals surface area contributed by atoms with Crippen molar-refractivity contribution in [2.75, 3.05) is 38.8 Å². The van der Waals surface area contributed by atoms with Crippen molar-refractivity contribution in [1.29, 1.82) is 0 Å².